The third-order valence-corrected chi connectivity index (χ3v) is 7.33. The van der Waals surface area contributed by atoms with Crippen molar-refractivity contribution in [2.45, 2.75) is 43.7 Å². The number of hydrogen-bond acceptors (Lipinski definition) is 11. The zero-order valence-corrected chi connectivity index (χ0v) is 24.6. The topological polar surface area (TPSA) is 165 Å². The summed E-state index contributed by atoms with van der Waals surface area (Å²) in [5, 5.41) is 45.7. The molecule has 0 bridgehead atoms. The van der Waals surface area contributed by atoms with Crippen molar-refractivity contribution in [3.8, 4) is 5.75 Å². The van der Waals surface area contributed by atoms with E-state index in [1.807, 2.05) is 6.07 Å². The molecule has 4 heterocycles. The number of carboxylic acid groups (broad SMARTS) is 1. The fourth-order valence-electron chi connectivity index (χ4n) is 4.83. The van der Waals surface area contributed by atoms with E-state index in [4.69, 9.17) is 21.1 Å². The van der Waals surface area contributed by atoms with Crippen molar-refractivity contribution < 1.29 is 64.3 Å². The average molecular weight is 586 g/mol. The SMILES string of the molecule is O=C([O-])[C@@H]1O[C@H](Oc2ccc(N3CCN(CCCn4nc5ccccn5c4=O)CC3)cc2Cl)[C@@H](O)[C@H](O)[C@H]1O.[Na+]. The van der Waals surface area contributed by atoms with Crippen LogP contribution in [0.2, 0.25) is 5.02 Å². The van der Waals surface area contributed by atoms with Crippen LogP contribution in [-0.2, 0) is 16.1 Å². The number of anilines is 1. The zero-order valence-electron chi connectivity index (χ0n) is 21.9. The van der Waals surface area contributed by atoms with Gasteiger partial charge in [-0.15, -0.1) is 5.10 Å². The van der Waals surface area contributed by atoms with Gasteiger partial charge in [0.05, 0.1) is 11.0 Å². The van der Waals surface area contributed by atoms with Gasteiger partial charge in [-0.3, -0.25) is 9.30 Å². The maximum Gasteiger partial charge on any atom is 1.00 e. The number of piperazine rings is 1. The molecular formula is C25H29ClN5NaO8. The minimum absolute atomic E-state index is 0. The first-order valence-electron chi connectivity index (χ1n) is 12.6. The molecule has 2 saturated heterocycles. The number of aryl methyl sites for hydroxylation is 1. The molecule has 5 rings (SSSR count). The van der Waals surface area contributed by atoms with Crippen LogP contribution >= 0.6 is 11.6 Å². The molecule has 40 heavy (non-hydrogen) atoms. The van der Waals surface area contributed by atoms with Gasteiger partial charge < -0.3 is 39.6 Å². The number of aliphatic hydroxyl groups excluding tert-OH is 3. The van der Waals surface area contributed by atoms with E-state index in [0.29, 0.717) is 12.2 Å². The van der Waals surface area contributed by atoms with Crippen LogP contribution in [0.15, 0.2) is 47.4 Å². The Morgan fingerprint density at radius 1 is 1.07 bits per heavy atom. The molecule has 0 amide bonds. The summed E-state index contributed by atoms with van der Waals surface area (Å²) in [6, 6.07) is 10.5. The van der Waals surface area contributed by atoms with Crippen LogP contribution in [0, 0.1) is 0 Å². The van der Waals surface area contributed by atoms with Crippen molar-refractivity contribution in [3.63, 3.8) is 0 Å². The van der Waals surface area contributed by atoms with Gasteiger partial charge in [0.1, 0.15) is 30.2 Å². The van der Waals surface area contributed by atoms with Gasteiger partial charge in [0.15, 0.2) is 5.65 Å². The average Bonchev–Trinajstić information content (AvgIpc) is 3.25. The monoisotopic (exact) mass is 585 g/mol. The van der Waals surface area contributed by atoms with Crippen molar-refractivity contribution in [2.75, 3.05) is 37.6 Å². The molecule has 2 aliphatic heterocycles. The van der Waals surface area contributed by atoms with E-state index < -0.39 is 36.7 Å². The normalized spacial score (nSPS) is 25.5. The van der Waals surface area contributed by atoms with Gasteiger partial charge in [-0.05, 0) is 36.8 Å². The number of nitrogens with zero attached hydrogens (tertiary/aromatic N) is 5. The number of aromatic nitrogens is 3. The Labute approximate surface area is 256 Å². The maximum absolute atomic E-state index is 12.4. The second kappa shape index (κ2) is 13.2. The fraction of sp³-hybridized carbons (Fsp3) is 0.480. The van der Waals surface area contributed by atoms with Gasteiger partial charge in [-0.25, -0.2) is 9.48 Å². The minimum atomic E-state index is -1.87. The number of carbonyl (C=O) groups is 1. The van der Waals surface area contributed by atoms with E-state index in [9.17, 15) is 30.0 Å². The Morgan fingerprint density at radius 3 is 2.50 bits per heavy atom. The number of fused-ring (bicyclic) bond motifs is 1. The molecule has 0 saturated carbocycles. The number of carboxylic acids is 1. The van der Waals surface area contributed by atoms with Gasteiger partial charge >= 0.3 is 35.2 Å². The molecule has 5 atom stereocenters. The zero-order chi connectivity index (χ0) is 27.7. The van der Waals surface area contributed by atoms with Gasteiger partial charge in [0.25, 0.3) is 0 Å². The van der Waals surface area contributed by atoms with Crippen LogP contribution in [0.25, 0.3) is 5.65 Å². The number of rotatable bonds is 8. The summed E-state index contributed by atoms with van der Waals surface area (Å²) < 4.78 is 13.7. The standard InChI is InChI=1S/C25H30ClN5O8.Na/c26-16-14-15(5-6-17(16)38-24-21(34)19(32)20(33)22(39-24)23(35)36)29-12-10-28(11-13-29)7-3-9-31-25(37)30-8-2-1-4-18(30)27-31;/h1-2,4-6,8,14,19-22,24,32-34H,3,7,9-13H2,(H,35,36);/q;+1/p-1/t19-,20-,21+,22-,24+;/m1./s1. The number of carbonyl (C=O) groups excluding carboxylic acids is 1. The molecule has 2 aliphatic rings. The smallest absolute Gasteiger partial charge is 0.547 e. The summed E-state index contributed by atoms with van der Waals surface area (Å²) >= 11 is 6.40. The molecule has 15 heteroatoms. The number of benzene rings is 1. The number of pyridine rings is 1. The van der Waals surface area contributed by atoms with Crippen LogP contribution in [0.4, 0.5) is 5.69 Å². The van der Waals surface area contributed by atoms with Gasteiger partial charge in [0, 0.05) is 51.2 Å². The van der Waals surface area contributed by atoms with E-state index in [2.05, 4.69) is 14.9 Å². The third kappa shape index (κ3) is 6.48. The summed E-state index contributed by atoms with van der Waals surface area (Å²) in [5.74, 6) is -1.63. The molecule has 0 spiro atoms. The minimum Gasteiger partial charge on any atom is -0.547 e. The molecular weight excluding hydrogens is 557 g/mol. The van der Waals surface area contributed by atoms with Crippen molar-refractivity contribution in [2.24, 2.45) is 0 Å². The Hall–Kier alpha value is -2.20. The Morgan fingerprint density at radius 2 is 1.82 bits per heavy atom. The second-order valence-corrected chi connectivity index (χ2v) is 9.97. The number of hydrogen-bond donors (Lipinski definition) is 3. The second-order valence-electron chi connectivity index (χ2n) is 9.57. The molecule has 1 aromatic carbocycles. The van der Waals surface area contributed by atoms with Crippen LogP contribution in [0.1, 0.15) is 6.42 Å². The summed E-state index contributed by atoms with van der Waals surface area (Å²) in [6.07, 6.45) is -6.32. The van der Waals surface area contributed by atoms with Gasteiger partial charge in [-0.1, -0.05) is 17.7 Å². The van der Waals surface area contributed by atoms with E-state index in [0.717, 1.165) is 44.8 Å². The first kappa shape index (κ1) is 30.8. The van der Waals surface area contributed by atoms with E-state index >= 15 is 0 Å². The number of aliphatic hydroxyl groups is 3. The number of aliphatic carboxylic acids is 1. The predicted molar refractivity (Wildman–Crippen MR) is 136 cm³/mol. The Bertz CT molecular complexity index is 1380. The summed E-state index contributed by atoms with van der Waals surface area (Å²) in [7, 11) is 0. The molecule has 13 nitrogen and oxygen atoms in total. The van der Waals surface area contributed by atoms with Crippen LogP contribution in [0.3, 0.4) is 0 Å². The summed E-state index contributed by atoms with van der Waals surface area (Å²) in [5.41, 5.74) is 1.35. The van der Waals surface area contributed by atoms with Crippen LogP contribution in [0.5, 0.6) is 5.75 Å². The summed E-state index contributed by atoms with van der Waals surface area (Å²) in [4.78, 5) is 28.1. The third-order valence-electron chi connectivity index (χ3n) is 7.03. The first-order chi connectivity index (χ1) is 18.7. The van der Waals surface area contributed by atoms with Crippen molar-refractivity contribution in [1.82, 2.24) is 19.1 Å². The van der Waals surface area contributed by atoms with Crippen molar-refractivity contribution in [1.29, 1.82) is 0 Å². The van der Waals surface area contributed by atoms with E-state index in [-0.39, 0.29) is 46.0 Å². The largest absolute Gasteiger partial charge is 1.00 e. The van der Waals surface area contributed by atoms with Crippen molar-refractivity contribution >= 4 is 28.9 Å². The quantitative estimate of drug-likeness (QED) is 0.218. The maximum atomic E-state index is 12.4. The molecule has 2 fully saturated rings. The molecule has 0 unspecified atom stereocenters. The predicted octanol–water partition coefficient (Wildman–Crippen LogP) is -4.70. The molecule has 3 N–H and O–H groups in total. The Balaban J connectivity index is 0.00000370. The molecule has 2 aromatic heterocycles. The van der Waals surface area contributed by atoms with Crippen molar-refractivity contribution in [3.05, 3.63) is 58.1 Å². The molecule has 210 valence electrons. The van der Waals surface area contributed by atoms with Gasteiger partial charge in [-0.2, -0.15) is 0 Å². The van der Waals surface area contributed by atoms with E-state index in [1.165, 1.54) is 9.08 Å². The molecule has 0 radical (unpaired) electrons. The van der Waals surface area contributed by atoms with E-state index in [1.54, 1.807) is 36.5 Å². The summed E-state index contributed by atoms with van der Waals surface area (Å²) in [6.45, 7) is 4.53. The van der Waals surface area contributed by atoms with Crippen LogP contribution in [-0.4, -0.2) is 104 Å². The fourth-order valence-corrected chi connectivity index (χ4v) is 5.05. The molecule has 0 aliphatic carbocycles. The van der Waals surface area contributed by atoms with Gasteiger partial charge in [0.2, 0.25) is 6.29 Å². The Kier molecular flexibility index (Phi) is 10.1. The molecule has 3 aromatic rings. The number of halogens is 1. The number of ether oxygens (including phenoxy) is 2. The first-order valence-corrected chi connectivity index (χ1v) is 13.0. The van der Waals surface area contributed by atoms with Crippen LogP contribution < -0.4 is 50.0 Å².